The Morgan fingerprint density at radius 1 is 1.29 bits per heavy atom. The third-order valence-electron chi connectivity index (χ3n) is 2.69. The second-order valence-corrected chi connectivity index (χ2v) is 3.71. The van der Waals surface area contributed by atoms with Crippen molar-refractivity contribution in [2.24, 2.45) is 0 Å². The maximum absolute atomic E-state index is 13.4. The molecule has 0 spiro atoms. The Hall–Kier alpha value is -0.960. The number of halogens is 2. The number of hydrogen-bond donors (Lipinski definition) is 1. The largest absolute Gasteiger partial charge is 0.316 e. The van der Waals surface area contributed by atoms with Gasteiger partial charge in [-0.3, -0.25) is 0 Å². The van der Waals surface area contributed by atoms with Crippen LogP contribution in [0.4, 0.5) is 8.78 Å². The molecule has 0 saturated carbocycles. The van der Waals surface area contributed by atoms with Crippen LogP contribution in [-0.4, -0.2) is 13.1 Å². The zero-order valence-electron chi connectivity index (χ0n) is 7.89. The molecule has 1 aromatic carbocycles. The standard InChI is InChI=1S/C11H13F2N/c12-9-3-4-11(13)10(6-9)8-2-1-5-14-7-8/h3-4,6,8,14H,1-2,5,7H2/t8-/m1/s1. The van der Waals surface area contributed by atoms with Gasteiger partial charge in [0.15, 0.2) is 0 Å². The number of nitrogens with one attached hydrogen (secondary N) is 1. The van der Waals surface area contributed by atoms with Crippen LogP contribution in [0.2, 0.25) is 0 Å². The first-order valence-electron chi connectivity index (χ1n) is 4.93. The van der Waals surface area contributed by atoms with Crippen molar-refractivity contribution >= 4 is 0 Å². The lowest BCUT2D eigenvalue weighted by molar-refractivity contribution is 0.443. The average Bonchev–Trinajstić information content (AvgIpc) is 2.23. The van der Waals surface area contributed by atoms with Crippen molar-refractivity contribution < 1.29 is 8.78 Å². The Morgan fingerprint density at radius 2 is 2.14 bits per heavy atom. The summed E-state index contributed by atoms with van der Waals surface area (Å²) < 4.78 is 26.3. The molecule has 1 N–H and O–H groups in total. The lowest BCUT2D eigenvalue weighted by atomic mass is 9.91. The Bertz CT molecular complexity index is 319. The minimum absolute atomic E-state index is 0.124. The van der Waals surface area contributed by atoms with Gasteiger partial charge in [-0.05, 0) is 49.1 Å². The molecule has 1 fully saturated rings. The number of hydrogen-bond acceptors (Lipinski definition) is 1. The molecule has 0 amide bonds. The summed E-state index contributed by atoms with van der Waals surface area (Å²) in [5.74, 6) is -0.522. The lowest BCUT2D eigenvalue weighted by Crippen LogP contribution is -2.28. The lowest BCUT2D eigenvalue weighted by Gasteiger charge is -2.23. The van der Waals surface area contributed by atoms with Crippen molar-refractivity contribution in [2.75, 3.05) is 13.1 Å². The van der Waals surface area contributed by atoms with Crippen molar-refractivity contribution in [3.8, 4) is 0 Å². The normalized spacial score (nSPS) is 22.3. The van der Waals surface area contributed by atoms with Crippen LogP contribution in [-0.2, 0) is 0 Å². The molecule has 0 unspecified atom stereocenters. The molecule has 1 heterocycles. The molecule has 1 aliphatic heterocycles. The van der Waals surface area contributed by atoms with Crippen LogP contribution in [0.25, 0.3) is 0 Å². The fourth-order valence-electron chi connectivity index (χ4n) is 1.94. The SMILES string of the molecule is Fc1ccc(F)c([C@@H]2CCCNC2)c1. The van der Waals surface area contributed by atoms with E-state index in [1.165, 1.54) is 12.1 Å². The van der Waals surface area contributed by atoms with Gasteiger partial charge in [0.1, 0.15) is 11.6 Å². The van der Waals surface area contributed by atoms with Crippen molar-refractivity contribution in [3.63, 3.8) is 0 Å². The Morgan fingerprint density at radius 3 is 2.86 bits per heavy atom. The smallest absolute Gasteiger partial charge is 0.126 e. The van der Waals surface area contributed by atoms with Crippen LogP contribution in [0.15, 0.2) is 18.2 Å². The summed E-state index contributed by atoms with van der Waals surface area (Å²) >= 11 is 0. The fraction of sp³-hybridized carbons (Fsp3) is 0.455. The zero-order chi connectivity index (χ0) is 9.97. The van der Waals surface area contributed by atoms with Gasteiger partial charge in [0.05, 0.1) is 0 Å². The third kappa shape index (κ3) is 1.93. The highest BCUT2D eigenvalue weighted by Crippen LogP contribution is 2.25. The monoisotopic (exact) mass is 197 g/mol. The van der Waals surface area contributed by atoms with E-state index in [1.807, 2.05) is 0 Å². The predicted octanol–water partition coefficient (Wildman–Crippen LogP) is 2.43. The van der Waals surface area contributed by atoms with Crippen LogP contribution in [0, 0.1) is 11.6 Å². The van der Waals surface area contributed by atoms with Gasteiger partial charge in [-0.25, -0.2) is 8.78 Å². The quantitative estimate of drug-likeness (QED) is 0.729. The fourth-order valence-corrected chi connectivity index (χ4v) is 1.94. The van der Waals surface area contributed by atoms with Gasteiger partial charge in [-0.15, -0.1) is 0 Å². The summed E-state index contributed by atoms with van der Waals surface area (Å²) in [5, 5.41) is 3.19. The van der Waals surface area contributed by atoms with Gasteiger partial charge in [0, 0.05) is 6.54 Å². The number of benzene rings is 1. The minimum atomic E-state index is -0.355. The van der Waals surface area contributed by atoms with E-state index < -0.39 is 0 Å². The topological polar surface area (TPSA) is 12.0 Å². The summed E-state index contributed by atoms with van der Waals surface area (Å²) in [7, 11) is 0. The number of rotatable bonds is 1. The van der Waals surface area contributed by atoms with Crippen molar-refractivity contribution in [2.45, 2.75) is 18.8 Å². The highest BCUT2D eigenvalue weighted by molar-refractivity contribution is 5.23. The first-order chi connectivity index (χ1) is 6.77. The summed E-state index contributed by atoms with van der Waals surface area (Å²) in [6, 6.07) is 3.68. The van der Waals surface area contributed by atoms with E-state index in [4.69, 9.17) is 0 Å². The van der Waals surface area contributed by atoms with Crippen molar-refractivity contribution in [1.29, 1.82) is 0 Å². The summed E-state index contributed by atoms with van der Waals surface area (Å²) in [5.41, 5.74) is 0.511. The number of piperidine rings is 1. The molecule has 1 aliphatic rings. The molecule has 1 aromatic rings. The zero-order valence-corrected chi connectivity index (χ0v) is 7.89. The van der Waals surface area contributed by atoms with Crippen LogP contribution in [0.3, 0.4) is 0 Å². The molecular weight excluding hydrogens is 184 g/mol. The van der Waals surface area contributed by atoms with E-state index in [0.29, 0.717) is 5.56 Å². The molecule has 2 rings (SSSR count). The first kappa shape index (κ1) is 9.59. The third-order valence-corrected chi connectivity index (χ3v) is 2.69. The molecular formula is C11H13F2N. The molecule has 76 valence electrons. The summed E-state index contributed by atoms with van der Waals surface area (Å²) in [6.45, 7) is 1.73. The van der Waals surface area contributed by atoms with E-state index in [1.54, 1.807) is 0 Å². The van der Waals surface area contributed by atoms with Gasteiger partial charge in [0.2, 0.25) is 0 Å². The first-order valence-corrected chi connectivity index (χ1v) is 4.93. The van der Waals surface area contributed by atoms with E-state index in [9.17, 15) is 8.78 Å². The Kier molecular flexibility index (Phi) is 2.77. The van der Waals surface area contributed by atoms with Crippen molar-refractivity contribution in [3.05, 3.63) is 35.4 Å². The average molecular weight is 197 g/mol. The molecule has 3 heteroatoms. The second kappa shape index (κ2) is 4.05. The second-order valence-electron chi connectivity index (χ2n) is 3.71. The molecule has 1 atom stereocenters. The summed E-state index contributed by atoms with van der Waals surface area (Å²) in [4.78, 5) is 0. The van der Waals surface area contributed by atoms with Gasteiger partial charge >= 0.3 is 0 Å². The van der Waals surface area contributed by atoms with E-state index in [2.05, 4.69) is 5.32 Å². The molecule has 0 radical (unpaired) electrons. The van der Waals surface area contributed by atoms with Gasteiger partial charge in [0.25, 0.3) is 0 Å². The minimum Gasteiger partial charge on any atom is -0.316 e. The van der Waals surface area contributed by atoms with E-state index >= 15 is 0 Å². The van der Waals surface area contributed by atoms with Gasteiger partial charge in [-0.1, -0.05) is 0 Å². The maximum atomic E-state index is 13.4. The van der Waals surface area contributed by atoms with Crippen molar-refractivity contribution in [1.82, 2.24) is 5.32 Å². The highest BCUT2D eigenvalue weighted by atomic mass is 19.1. The van der Waals surface area contributed by atoms with Crippen LogP contribution in [0.5, 0.6) is 0 Å². The Labute approximate surface area is 82.1 Å². The Balaban J connectivity index is 2.24. The van der Waals surface area contributed by atoms with Gasteiger partial charge < -0.3 is 5.32 Å². The molecule has 14 heavy (non-hydrogen) atoms. The van der Waals surface area contributed by atoms with Crippen LogP contribution >= 0.6 is 0 Å². The maximum Gasteiger partial charge on any atom is 0.126 e. The highest BCUT2D eigenvalue weighted by Gasteiger charge is 2.18. The van der Waals surface area contributed by atoms with Crippen LogP contribution in [0.1, 0.15) is 24.3 Å². The van der Waals surface area contributed by atoms with Crippen LogP contribution < -0.4 is 5.32 Å². The van der Waals surface area contributed by atoms with E-state index in [-0.39, 0.29) is 17.6 Å². The van der Waals surface area contributed by atoms with Gasteiger partial charge in [-0.2, -0.15) is 0 Å². The molecule has 1 nitrogen and oxygen atoms in total. The molecule has 1 saturated heterocycles. The molecule has 0 aromatic heterocycles. The summed E-state index contributed by atoms with van der Waals surface area (Å²) in [6.07, 6.45) is 1.97. The van der Waals surface area contributed by atoms with E-state index in [0.717, 1.165) is 32.0 Å². The molecule has 0 bridgehead atoms. The predicted molar refractivity (Wildman–Crippen MR) is 51.2 cm³/mol. The molecule has 0 aliphatic carbocycles.